The van der Waals surface area contributed by atoms with E-state index in [1.54, 1.807) is 60.9 Å². The van der Waals surface area contributed by atoms with Crippen molar-refractivity contribution in [2.45, 2.75) is 11.0 Å². The number of aliphatic hydroxyl groups excluding tert-OH is 1. The summed E-state index contributed by atoms with van der Waals surface area (Å²) in [4.78, 5) is 8.33. The van der Waals surface area contributed by atoms with Gasteiger partial charge >= 0.3 is 0 Å². The predicted octanol–water partition coefficient (Wildman–Crippen LogP) is 2.75. The van der Waals surface area contributed by atoms with Crippen molar-refractivity contribution in [1.29, 1.82) is 0 Å². The standard InChI is InChI=1S/C19H15N3O3S/c23-19(16-8-4-5-10-21-16)17-12-14-9-11-20-13-18(14)22(17)26(24,25)15-6-2-1-3-7-15/h1-13,19,23H. The highest BCUT2D eigenvalue weighted by Crippen LogP contribution is 2.31. The van der Waals surface area contributed by atoms with E-state index in [2.05, 4.69) is 9.97 Å². The molecule has 0 aliphatic heterocycles. The number of aliphatic hydroxyl groups is 1. The summed E-state index contributed by atoms with van der Waals surface area (Å²) in [6.07, 6.45) is 3.42. The molecule has 0 aliphatic carbocycles. The lowest BCUT2D eigenvalue weighted by atomic mass is 10.1. The monoisotopic (exact) mass is 365 g/mol. The van der Waals surface area contributed by atoms with Crippen LogP contribution < -0.4 is 0 Å². The van der Waals surface area contributed by atoms with Crippen LogP contribution in [0.2, 0.25) is 0 Å². The summed E-state index contributed by atoms with van der Waals surface area (Å²) in [5.74, 6) is 0. The predicted molar refractivity (Wildman–Crippen MR) is 97.1 cm³/mol. The third kappa shape index (κ3) is 2.67. The van der Waals surface area contributed by atoms with E-state index in [1.165, 1.54) is 18.3 Å². The Morgan fingerprint density at radius 3 is 2.46 bits per heavy atom. The van der Waals surface area contributed by atoms with Crippen LogP contribution in [0, 0.1) is 0 Å². The number of aromatic nitrogens is 3. The number of hydrogen-bond donors (Lipinski definition) is 1. The lowest BCUT2D eigenvalue weighted by molar-refractivity contribution is 0.210. The quantitative estimate of drug-likeness (QED) is 0.601. The average molecular weight is 365 g/mol. The van der Waals surface area contributed by atoms with Crippen molar-refractivity contribution in [2.75, 3.05) is 0 Å². The van der Waals surface area contributed by atoms with Crippen molar-refractivity contribution in [1.82, 2.24) is 13.9 Å². The number of rotatable bonds is 4. The van der Waals surface area contributed by atoms with Crippen LogP contribution in [0.5, 0.6) is 0 Å². The molecule has 3 aromatic heterocycles. The van der Waals surface area contributed by atoms with Crippen molar-refractivity contribution in [2.24, 2.45) is 0 Å². The van der Waals surface area contributed by atoms with Gasteiger partial charge in [-0.05, 0) is 36.4 Å². The zero-order valence-electron chi connectivity index (χ0n) is 13.6. The van der Waals surface area contributed by atoms with E-state index in [-0.39, 0.29) is 10.6 Å². The molecule has 1 atom stereocenters. The fourth-order valence-electron chi connectivity index (χ4n) is 2.89. The van der Waals surface area contributed by atoms with Crippen molar-refractivity contribution in [3.05, 3.63) is 90.6 Å². The van der Waals surface area contributed by atoms with Gasteiger partial charge in [0.2, 0.25) is 0 Å². The highest BCUT2D eigenvalue weighted by atomic mass is 32.2. The highest BCUT2D eigenvalue weighted by Gasteiger charge is 2.27. The molecule has 1 N–H and O–H groups in total. The molecular formula is C19H15N3O3S. The molecule has 7 heteroatoms. The first-order valence-electron chi connectivity index (χ1n) is 7.94. The Morgan fingerprint density at radius 1 is 0.962 bits per heavy atom. The first-order chi connectivity index (χ1) is 12.6. The van der Waals surface area contributed by atoms with Crippen LogP contribution >= 0.6 is 0 Å². The fraction of sp³-hybridized carbons (Fsp3) is 0.0526. The second-order valence-electron chi connectivity index (χ2n) is 5.74. The summed E-state index contributed by atoms with van der Waals surface area (Å²) in [6.45, 7) is 0. The van der Waals surface area contributed by atoms with Gasteiger partial charge in [0, 0.05) is 17.8 Å². The van der Waals surface area contributed by atoms with Crippen LogP contribution in [0.15, 0.2) is 84.1 Å². The smallest absolute Gasteiger partial charge is 0.268 e. The van der Waals surface area contributed by atoms with E-state index < -0.39 is 16.1 Å². The molecule has 4 rings (SSSR count). The van der Waals surface area contributed by atoms with Gasteiger partial charge in [0.15, 0.2) is 0 Å². The van der Waals surface area contributed by atoms with Gasteiger partial charge in [0.1, 0.15) is 6.10 Å². The van der Waals surface area contributed by atoms with E-state index in [1.807, 2.05) is 0 Å². The molecule has 4 aromatic rings. The normalized spacial score (nSPS) is 13.0. The number of nitrogens with zero attached hydrogens (tertiary/aromatic N) is 3. The Bertz CT molecular complexity index is 1160. The Labute approximate surface area is 150 Å². The van der Waals surface area contributed by atoms with Crippen molar-refractivity contribution >= 4 is 20.9 Å². The summed E-state index contributed by atoms with van der Waals surface area (Å²) in [7, 11) is -3.92. The minimum atomic E-state index is -3.92. The van der Waals surface area contributed by atoms with Gasteiger partial charge < -0.3 is 5.11 Å². The van der Waals surface area contributed by atoms with Gasteiger partial charge in [-0.25, -0.2) is 12.4 Å². The van der Waals surface area contributed by atoms with Crippen LogP contribution in [0.3, 0.4) is 0 Å². The Morgan fingerprint density at radius 2 is 1.73 bits per heavy atom. The molecule has 0 radical (unpaired) electrons. The van der Waals surface area contributed by atoms with E-state index in [9.17, 15) is 13.5 Å². The number of hydrogen-bond acceptors (Lipinski definition) is 5. The Balaban J connectivity index is 1.99. The topological polar surface area (TPSA) is 85.1 Å². The maximum absolute atomic E-state index is 13.3. The lowest BCUT2D eigenvalue weighted by Crippen LogP contribution is -2.18. The summed E-state index contributed by atoms with van der Waals surface area (Å²) in [6, 6.07) is 16.6. The molecule has 0 spiro atoms. The molecule has 26 heavy (non-hydrogen) atoms. The second-order valence-corrected chi connectivity index (χ2v) is 7.53. The van der Waals surface area contributed by atoms with Crippen molar-refractivity contribution in [3.63, 3.8) is 0 Å². The molecule has 6 nitrogen and oxygen atoms in total. The van der Waals surface area contributed by atoms with E-state index in [4.69, 9.17) is 0 Å². The molecule has 0 saturated heterocycles. The zero-order valence-corrected chi connectivity index (χ0v) is 14.4. The maximum Gasteiger partial charge on any atom is 0.268 e. The van der Waals surface area contributed by atoms with E-state index >= 15 is 0 Å². The third-order valence-electron chi connectivity index (χ3n) is 4.12. The van der Waals surface area contributed by atoms with Gasteiger partial charge in [-0.15, -0.1) is 0 Å². The molecule has 1 aromatic carbocycles. The lowest BCUT2D eigenvalue weighted by Gasteiger charge is -2.15. The molecule has 1 unspecified atom stereocenters. The summed E-state index contributed by atoms with van der Waals surface area (Å²) in [5.41, 5.74) is 0.990. The van der Waals surface area contributed by atoms with Crippen molar-refractivity contribution in [3.8, 4) is 0 Å². The average Bonchev–Trinajstić information content (AvgIpc) is 3.09. The van der Waals surface area contributed by atoms with Gasteiger partial charge in [-0.3, -0.25) is 9.97 Å². The molecule has 0 bridgehead atoms. The molecule has 130 valence electrons. The molecule has 0 amide bonds. The van der Waals surface area contributed by atoms with Gasteiger partial charge in [-0.1, -0.05) is 24.3 Å². The Kier molecular flexibility index (Phi) is 4.02. The molecule has 0 fully saturated rings. The maximum atomic E-state index is 13.3. The zero-order chi connectivity index (χ0) is 18.1. The first-order valence-corrected chi connectivity index (χ1v) is 9.38. The second kappa shape index (κ2) is 6.36. The van der Waals surface area contributed by atoms with Crippen molar-refractivity contribution < 1.29 is 13.5 Å². The highest BCUT2D eigenvalue weighted by molar-refractivity contribution is 7.90. The van der Waals surface area contributed by atoms with Crippen LogP contribution in [0.25, 0.3) is 10.9 Å². The SMILES string of the molecule is O=S(=O)(c1ccccc1)n1c(C(O)c2ccccn2)cc2ccncc21. The van der Waals surface area contributed by atoms with E-state index in [0.717, 1.165) is 3.97 Å². The Hall–Kier alpha value is -3.03. The number of pyridine rings is 2. The number of fused-ring (bicyclic) bond motifs is 1. The van der Waals surface area contributed by atoms with Crippen LogP contribution in [-0.4, -0.2) is 27.5 Å². The summed E-state index contributed by atoms with van der Waals surface area (Å²) >= 11 is 0. The van der Waals surface area contributed by atoms with Gasteiger partial charge in [-0.2, -0.15) is 0 Å². The first kappa shape index (κ1) is 16.4. The summed E-state index contributed by atoms with van der Waals surface area (Å²) in [5, 5.41) is 11.5. The van der Waals surface area contributed by atoms with E-state index in [0.29, 0.717) is 16.6 Å². The van der Waals surface area contributed by atoms with Crippen LogP contribution in [0.1, 0.15) is 17.5 Å². The summed E-state index contributed by atoms with van der Waals surface area (Å²) < 4.78 is 27.7. The fourth-order valence-corrected chi connectivity index (χ4v) is 4.44. The minimum Gasteiger partial charge on any atom is -0.380 e. The largest absolute Gasteiger partial charge is 0.380 e. The van der Waals surface area contributed by atoms with Crippen LogP contribution in [0.4, 0.5) is 0 Å². The molecule has 0 aliphatic rings. The minimum absolute atomic E-state index is 0.135. The molecule has 0 saturated carbocycles. The van der Waals surface area contributed by atoms with Crippen LogP contribution in [-0.2, 0) is 10.0 Å². The molecular weight excluding hydrogens is 350 g/mol. The van der Waals surface area contributed by atoms with Gasteiger partial charge in [0.25, 0.3) is 10.0 Å². The third-order valence-corrected chi connectivity index (χ3v) is 5.88. The molecule has 3 heterocycles. The van der Waals surface area contributed by atoms with Gasteiger partial charge in [0.05, 0.1) is 28.0 Å². The number of benzene rings is 1.